The summed E-state index contributed by atoms with van der Waals surface area (Å²) in [6, 6.07) is 0.288. The highest BCUT2D eigenvalue weighted by Crippen LogP contribution is 2.17. The summed E-state index contributed by atoms with van der Waals surface area (Å²) < 4.78 is 0. The lowest BCUT2D eigenvalue weighted by molar-refractivity contribution is 0.0943. The lowest BCUT2D eigenvalue weighted by Gasteiger charge is -2.23. The summed E-state index contributed by atoms with van der Waals surface area (Å²) >= 11 is 5.73. The predicted molar refractivity (Wildman–Crippen MR) is 81.1 cm³/mol. The third-order valence-corrected chi connectivity index (χ3v) is 3.32. The Bertz CT molecular complexity index is 478. The highest BCUT2D eigenvalue weighted by Gasteiger charge is 2.18. The van der Waals surface area contributed by atoms with Gasteiger partial charge in [-0.3, -0.25) is 4.79 Å². The summed E-state index contributed by atoms with van der Waals surface area (Å²) in [7, 11) is 0. The fraction of sp³-hybridized carbons (Fsp3) is 0.545. The van der Waals surface area contributed by atoms with Crippen LogP contribution in [0.5, 0.6) is 0 Å². The van der Waals surface area contributed by atoms with Gasteiger partial charge in [0.2, 0.25) is 0 Å². The van der Waals surface area contributed by atoms with Crippen LogP contribution in [-0.2, 0) is 0 Å². The molecule has 1 aliphatic rings. The Morgan fingerprint density at radius 3 is 2.75 bits per heavy atom. The molecular weight excluding hydrogens is 303 g/mol. The Balaban J connectivity index is 0.00000200. The third-order valence-electron chi connectivity index (χ3n) is 3.04. The molecule has 0 aromatic carbocycles. The van der Waals surface area contributed by atoms with Crippen LogP contribution in [-0.4, -0.2) is 35.0 Å². The number of carbonyl (C=O) groups is 1. The first-order chi connectivity index (χ1) is 9.08. The molecule has 1 aromatic heterocycles. The van der Waals surface area contributed by atoms with Crippen molar-refractivity contribution >= 4 is 41.6 Å². The number of hydrogen-bond acceptors (Lipinski definition) is 6. The lowest BCUT2D eigenvalue weighted by Crippen LogP contribution is -2.43. The predicted octanol–water partition coefficient (Wildman–Crippen LogP) is 0.588. The molecule has 1 saturated heterocycles. The minimum absolute atomic E-state index is 0. The van der Waals surface area contributed by atoms with Crippen LogP contribution in [0.15, 0.2) is 0 Å². The molecule has 0 spiro atoms. The standard InChI is InChI=1S/C11H17ClN6O.ClH/c12-8-10(14)18-9(13)7(17-8)11(19)16-5-6-3-1-2-4-15-6;/h6,15H,1-5H2,(H,16,19)(H4,13,14,18);1H/t6-;/m1./s1. The molecule has 1 fully saturated rings. The molecule has 1 aromatic rings. The molecule has 0 bridgehead atoms. The van der Waals surface area contributed by atoms with Crippen molar-refractivity contribution in [2.45, 2.75) is 25.3 Å². The molecule has 112 valence electrons. The van der Waals surface area contributed by atoms with Gasteiger partial charge in [0, 0.05) is 12.6 Å². The second-order valence-corrected chi connectivity index (χ2v) is 4.85. The Kier molecular flexibility index (Phi) is 6.25. The van der Waals surface area contributed by atoms with E-state index in [0.29, 0.717) is 6.54 Å². The van der Waals surface area contributed by atoms with Gasteiger partial charge in [-0.2, -0.15) is 0 Å². The van der Waals surface area contributed by atoms with Gasteiger partial charge in [-0.1, -0.05) is 18.0 Å². The van der Waals surface area contributed by atoms with E-state index in [1.807, 2.05) is 0 Å². The quantitative estimate of drug-likeness (QED) is 0.647. The Labute approximate surface area is 128 Å². The van der Waals surface area contributed by atoms with Crippen LogP contribution in [0.1, 0.15) is 29.8 Å². The van der Waals surface area contributed by atoms with E-state index in [9.17, 15) is 4.79 Å². The molecule has 1 aliphatic heterocycles. The van der Waals surface area contributed by atoms with Crippen molar-refractivity contribution in [2.24, 2.45) is 0 Å². The molecule has 2 rings (SSSR count). The smallest absolute Gasteiger partial charge is 0.273 e. The van der Waals surface area contributed by atoms with Crippen molar-refractivity contribution in [1.82, 2.24) is 20.6 Å². The fourth-order valence-corrected chi connectivity index (χ4v) is 2.13. The van der Waals surface area contributed by atoms with Crippen molar-refractivity contribution < 1.29 is 4.79 Å². The third kappa shape index (κ3) is 4.09. The van der Waals surface area contributed by atoms with E-state index in [1.165, 1.54) is 12.8 Å². The average molecular weight is 321 g/mol. The zero-order chi connectivity index (χ0) is 13.8. The van der Waals surface area contributed by atoms with Crippen molar-refractivity contribution in [2.75, 3.05) is 24.6 Å². The molecular formula is C11H18Cl2N6O. The SMILES string of the molecule is Cl.Nc1nc(N)c(C(=O)NC[C@H]2CCCCN2)nc1Cl. The number of amides is 1. The second-order valence-electron chi connectivity index (χ2n) is 4.49. The number of nitrogens with zero attached hydrogens (tertiary/aromatic N) is 2. The van der Waals surface area contributed by atoms with Crippen molar-refractivity contribution in [3.05, 3.63) is 10.8 Å². The first kappa shape index (κ1) is 16.7. The van der Waals surface area contributed by atoms with Crippen LogP contribution in [0.4, 0.5) is 11.6 Å². The maximum absolute atomic E-state index is 12.0. The van der Waals surface area contributed by atoms with Crippen LogP contribution in [0.25, 0.3) is 0 Å². The van der Waals surface area contributed by atoms with Gasteiger partial charge >= 0.3 is 0 Å². The monoisotopic (exact) mass is 320 g/mol. The normalized spacial score (nSPS) is 18.1. The molecule has 20 heavy (non-hydrogen) atoms. The maximum Gasteiger partial charge on any atom is 0.273 e. The summed E-state index contributed by atoms with van der Waals surface area (Å²) in [6.07, 6.45) is 3.39. The molecule has 1 atom stereocenters. The number of rotatable bonds is 3. The zero-order valence-electron chi connectivity index (χ0n) is 10.9. The second kappa shape index (κ2) is 7.47. The van der Waals surface area contributed by atoms with Gasteiger partial charge in [0.1, 0.15) is 0 Å². The Morgan fingerprint density at radius 1 is 1.35 bits per heavy atom. The number of nitrogens with one attached hydrogen (secondary N) is 2. The Hall–Kier alpha value is -1.31. The molecule has 7 nitrogen and oxygen atoms in total. The first-order valence-corrected chi connectivity index (χ1v) is 6.56. The van der Waals surface area contributed by atoms with Gasteiger partial charge in [0.25, 0.3) is 5.91 Å². The minimum Gasteiger partial charge on any atom is -0.382 e. The zero-order valence-corrected chi connectivity index (χ0v) is 12.4. The molecule has 2 heterocycles. The van der Waals surface area contributed by atoms with E-state index < -0.39 is 0 Å². The molecule has 0 saturated carbocycles. The molecule has 9 heteroatoms. The summed E-state index contributed by atoms with van der Waals surface area (Å²) in [5, 5.41) is 6.09. The van der Waals surface area contributed by atoms with Crippen LogP contribution in [0.2, 0.25) is 5.15 Å². The minimum atomic E-state index is -0.390. The highest BCUT2D eigenvalue weighted by atomic mass is 35.5. The van der Waals surface area contributed by atoms with Gasteiger partial charge in [0.05, 0.1) is 0 Å². The van der Waals surface area contributed by atoms with Crippen molar-refractivity contribution in [3.8, 4) is 0 Å². The van der Waals surface area contributed by atoms with Gasteiger partial charge in [-0.05, 0) is 19.4 Å². The van der Waals surface area contributed by atoms with Gasteiger partial charge in [0.15, 0.2) is 22.5 Å². The summed E-state index contributed by atoms with van der Waals surface area (Å²) in [5.74, 6) is -0.389. The van der Waals surface area contributed by atoms with E-state index in [4.69, 9.17) is 23.1 Å². The number of halogens is 2. The maximum atomic E-state index is 12.0. The molecule has 0 radical (unpaired) electrons. The van der Waals surface area contributed by atoms with E-state index in [-0.39, 0.29) is 46.8 Å². The van der Waals surface area contributed by atoms with E-state index in [1.54, 1.807) is 0 Å². The number of nitrogens with two attached hydrogens (primary N) is 2. The van der Waals surface area contributed by atoms with Gasteiger partial charge in [-0.25, -0.2) is 9.97 Å². The van der Waals surface area contributed by atoms with Gasteiger partial charge in [-0.15, -0.1) is 12.4 Å². The number of anilines is 2. The molecule has 1 amide bonds. The summed E-state index contributed by atoms with van der Waals surface area (Å²) in [4.78, 5) is 19.6. The van der Waals surface area contributed by atoms with E-state index in [0.717, 1.165) is 13.0 Å². The van der Waals surface area contributed by atoms with Crippen molar-refractivity contribution in [1.29, 1.82) is 0 Å². The van der Waals surface area contributed by atoms with Crippen LogP contribution in [0, 0.1) is 0 Å². The fourth-order valence-electron chi connectivity index (χ4n) is 2.01. The Morgan fingerprint density at radius 2 is 2.10 bits per heavy atom. The first-order valence-electron chi connectivity index (χ1n) is 6.18. The number of carbonyl (C=O) groups excluding carboxylic acids is 1. The van der Waals surface area contributed by atoms with E-state index in [2.05, 4.69) is 20.6 Å². The van der Waals surface area contributed by atoms with Crippen molar-refractivity contribution in [3.63, 3.8) is 0 Å². The molecule has 0 aliphatic carbocycles. The average Bonchev–Trinajstić information content (AvgIpc) is 2.41. The lowest BCUT2D eigenvalue weighted by atomic mass is 10.1. The van der Waals surface area contributed by atoms with Crippen LogP contribution in [0.3, 0.4) is 0 Å². The topological polar surface area (TPSA) is 119 Å². The largest absolute Gasteiger partial charge is 0.382 e. The number of hydrogen-bond donors (Lipinski definition) is 4. The number of nitrogen functional groups attached to an aromatic ring is 2. The highest BCUT2D eigenvalue weighted by molar-refractivity contribution is 6.31. The van der Waals surface area contributed by atoms with Crippen LogP contribution < -0.4 is 22.1 Å². The van der Waals surface area contributed by atoms with Crippen LogP contribution >= 0.6 is 24.0 Å². The number of aromatic nitrogens is 2. The summed E-state index contributed by atoms with van der Waals surface area (Å²) in [5.41, 5.74) is 11.1. The molecule has 0 unspecified atom stereocenters. The van der Waals surface area contributed by atoms with E-state index >= 15 is 0 Å². The number of piperidine rings is 1. The molecule has 6 N–H and O–H groups in total. The summed E-state index contributed by atoms with van der Waals surface area (Å²) in [6.45, 7) is 1.51. The van der Waals surface area contributed by atoms with Gasteiger partial charge < -0.3 is 22.1 Å².